The van der Waals surface area contributed by atoms with Crippen LogP contribution in [0, 0.1) is 0 Å². The van der Waals surface area contributed by atoms with Gasteiger partial charge in [-0.25, -0.2) is 9.97 Å². The number of amides is 1. The summed E-state index contributed by atoms with van der Waals surface area (Å²) in [4.78, 5) is 21.9. The molecule has 198 valence electrons. The smallest absolute Gasteiger partial charge is 0.488 e. The number of primary amides is 1. The van der Waals surface area contributed by atoms with E-state index in [4.69, 9.17) is 25.2 Å². The van der Waals surface area contributed by atoms with Crippen molar-refractivity contribution in [2.75, 3.05) is 25.6 Å². The van der Waals surface area contributed by atoms with Gasteiger partial charge in [-0.15, -0.1) is 0 Å². The Balaban J connectivity index is 1.65. The molecule has 0 atom stereocenters. The molecule has 3 aromatic carbocycles. The molecule has 0 radical (unpaired) electrons. The lowest BCUT2D eigenvalue weighted by molar-refractivity contribution is 0.100. The summed E-state index contributed by atoms with van der Waals surface area (Å²) in [5, 5.41) is 24.8. The van der Waals surface area contributed by atoms with Crippen molar-refractivity contribution in [1.82, 2.24) is 14.5 Å². The standard InChI is InChI=1S/C28H28BN5O5/c1-34-16-22-19(8-4-9-20(22)26(30)35)25(34)28-32-24-21(10-5-11-23(24)39-13-12-38-2)27(33-28)31-15-17-6-3-7-18(14-17)29(36)37/h3-11,14,16,36-37H,12-13,15H2,1-2H3,(H2,30,35)(H,31,32,33). The number of fused-ring (bicyclic) bond motifs is 2. The lowest BCUT2D eigenvalue weighted by Gasteiger charge is -2.15. The van der Waals surface area contributed by atoms with Crippen molar-refractivity contribution < 1.29 is 24.3 Å². The van der Waals surface area contributed by atoms with Gasteiger partial charge in [-0.1, -0.05) is 42.5 Å². The van der Waals surface area contributed by atoms with Crippen molar-refractivity contribution in [3.05, 3.63) is 78.0 Å². The molecule has 5 rings (SSSR count). The molecule has 0 saturated carbocycles. The number of para-hydroxylation sites is 1. The second-order valence-corrected chi connectivity index (χ2v) is 9.08. The first-order valence-corrected chi connectivity index (χ1v) is 12.4. The first kappa shape index (κ1) is 26.2. The van der Waals surface area contributed by atoms with Crippen molar-refractivity contribution in [1.29, 1.82) is 0 Å². The number of nitrogens with zero attached hydrogens (tertiary/aromatic N) is 3. The molecule has 1 amide bonds. The number of hydrogen-bond donors (Lipinski definition) is 4. The van der Waals surface area contributed by atoms with Crippen LogP contribution >= 0.6 is 0 Å². The predicted molar refractivity (Wildman–Crippen MR) is 151 cm³/mol. The Morgan fingerprint density at radius 1 is 1.03 bits per heavy atom. The number of aromatic nitrogens is 3. The molecule has 0 aliphatic rings. The minimum atomic E-state index is -1.56. The lowest BCUT2D eigenvalue weighted by Crippen LogP contribution is -2.30. The van der Waals surface area contributed by atoms with Gasteiger partial charge in [0, 0.05) is 48.6 Å². The van der Waals surface area contributed by atoms with E-state index in [2.05, 4.69) is 5.32 Å². The minimum absolute atomic E-state index is 0.350. The Labute approximate surface area is 225 Å². The third-order valence-electron chi connectivity index (χ3n) is 6.46. The van der Waals surface area contributed by atoms with E-state index in [-0.39, 0.29) is 0 Å². The number of nitrogens with two attached hydrogens (primary N) is 1. The number of hydrogen-bond acceptors (Lipinski definition) is 8. The molecule has 2 aromatic heterocycles. The molecule has 11 heteroatoms. The van der Waals surface area contributed by atoms with Gasteiger partial charge in [-0.05, 0) is 29.2 Å². The molecule has 0 unspecified atom stereocenters. The van der Waals surface area contributed by atoms with E-state index in [0.717, 1.165) is 22.0 Å². The first-order valence-electron chi connectivity index (χ1n) is 12.4. The van der Waals surface area contributed by atoms with Gasteiger partial charge in [0.2, 0.25) is 5.91 Å². The van der Waals surface area contributed by atoms with Crippen LogP contribution in [0.15, 0.2) is 66.9 Å². The SMILES string of the molecule is COCCOc1cccc2c(NCc3cccc(B(O)O)c3)nc(-c3c4cccc(C(N)=O)c4cn3C)nc12. The van der Waals surface area contributed by atoms with E-state index >= 15 is 0 Å². The van der Waals surface area contributed by atoms with Gasteiger partial charge in [0.15, 0.2) is 5.82 Å². The second kappa shape index (κ2) is 11.1. The number of ether oxygens (including phenoxy) is 2. The van der Waals surface area contributed by atoms with E-state index in [1.54, 1.807) is 37.4 Å². The number of benzene rings is 3. The Morgan fingerprint density at radius 3 is 2.56 bits per heavy atom. The van der Waals surface area contributed by atoms with E-state index in [1.807, 2.05) is 48.1 Å². The van der Waals surface area contributed by atoms with Crippen molar-refractivity contribution >= 4 is 46.0 Å². The Hall–Kier alpha value is -4.45. The van der Waals surface area contributed by atoms with Crippen LogP contribution in [0.4, 0.5) is 5.82 Å². The number of carbonyl (C=O) groups is 1. The van der Waals surface area contributed by atoms with Crippen molar-refractivity contribution in [2.24, 2.45) is 12.8 Å². The number of nitrogens with one attached hydrogen (secondary N) is 1. The molecular formula is C28H28BN5O5. The van der Waals surface area contributed by atoms with E-state index < -0.39 is 13.0 Å². The van der Waals surface area contributed by atoms with Gasteiger partial charge in [-0.2, -0.15) is 0 Å². The monoisotopic (exact) mass is 525 g/mol. The van der Waals surface area contributed by atoms with Crippen molar-refractivity contribution in [2.45, 2.75) is 6.54 Å². The minimum Gasteiger partial charge on any atom is -0.489 e. The Morgan fingerprint density at radius 2 is 1.79 bits per heavy atom. The van der Waals surface area contributed by atoms with Crippen LogP contribution in [0.2, 0.25) is 0 Å². The molecule has 0 aliphatic heterocycles. The molecule has 0 aliphatic carbocycles. The van der Waals surface area contributed by atoms with Crippen LogP contribution in [-0.2, 0) is 18.3 Å². The maximum Gasteiger partial charge on any atom is 0.488 e. The van der Waals surface area contributed by atoms with Crippen LogP contribution in [0.3, 0.4) is 0 Å². The maximum absolute atomic E-state index is 12.1. The molecule has 10 nitrogen and oxygen atoms in total. The zero-order valence-electron chi connectivity index (χ0n) is 21.6. The van der Waals surface area contributed by atoms with Crippen LogP contribution in [0.1, 0.15) is 15.9 Å². The van der Waals surface area contributed by atoms with Gasteiger partial charge in [0.1, 0.15) is 23.7 Å². The highest BCUT2D eigenvalue weighted by Crippen LogP contribution is 2.35. The Kier molecular flexibility index (Phi) is 7.46. The summed E-state index contributed by atoms with van der Waals surface area (Å²) in [6, 6.07) is 18.0. The first-order chi connectivity index (χ1) is 18.9. The average Bonchev–Trinajstić information content (AvgIpc) is 3.27. The molecule has 5 N–H and O–H groups in total. The number of aryl methyl sites for hydroxylation is 1. The fourth-order valence-corrected chi connectivity index (χ4v) is 4.62. The summed E-state index contributed by atoms with van der Waals surface area (Å²) in [5.74, 6) is 1.08. The highest BCUT2D eigenvalue weighted by Gasteiger charge is 2.20. The molecule has 5 aromatic rings. The summed E-state index contributed by atoms with van der Waals surface area (Å²) >= 11 is 0. The third kappa shape index (κ3) is 5.28. The third-order valence-corrected chi connectivity index (χ3v) is 6.46. The molecule has 0 bridgehead atoms. The van der Waals surface area contributed by atoms with Crippen molar-refractivity contribution in [3.8, 4) is 17.3 Å². The normalized spacial score (nSPS) is 11.2. The summed E-state index contributed by atoms with van der Waals surface area (Å²) in [7, 11) is 1.92. The second-order valence-electron chi connectivity index (χ2n) is 9.08. The van der Waals surface area contributed by atoms with Crippen molar-refractivity contribution in [3.63, 3.8) is 0 Å². The number of methoxy groups -OCH3 is 1. The van der Waals surface area contributed by atoms with Gasteiger partial charge in [-0.3, -0.25) is 4.79 Å². The summed E-state index contributed by atoms with van der Waals surface area (Å²) in [6.45, 7) is 1.15. The van der Waals surface area contributed by atoms with E-state index in [1.165, 1.54) is 0 Å². The van der Waals surface area contributed by atoms with Crippen LogP contribution < -0.4 is 21.3 Å². The molecule has 0 spiro atoms. The summed E-state index contributed by atoms with van der Waals surface area (Å²) < 4.78 is 13.0. The fourth-order valence-electron chi connectivity index (χ4n) is 4.62. The zero-order chi connectivity index (χ0) is 27.5. The van der Waals surface area contributed by atoms with E-state index in [0.29, 0.717) is 59.1 Å². The van der Waals surface area contributed by atoms with Gasteiger partial charge in [0.25, 0.3) is 0 Å². The zero-order valence-corrected chi connectivity index (χ0v) is 21.6. The lowest BCUT2D eigenvalue weighted by atomic mass is 9.80. The average molecular weight is 525 g/mol. The fraction of sp³-hybridized carbons (Fsp3) is 0.179. The summed E-state index contributed by atoms with van der Waals surface area (Å²) in [6.07, 6.45) is 1.85. The van der Waals surface area contributed by atoms with Crippen LogP contribution in [-0.4, -0.2) is 57.9 Å². The number of rotatable bonds is 10. The largest absolute Gasteiger partial charge is 0.489 e. The Bertz CT molecular complexity index is 1670. The maximum atomic E-state index is 12.1. The number of anilines is 1. The molecule has 0 saturated heterocycles. The van der Waals surface area contributed by atoms with Crippen LogP contribution in [0.5, 0.6) is 5.75 Å². The highest BCUT2D eigenvalue weighted by atomic mass is 16.5. The van der Waals surface area contributed by atoms with Gasteiger partial charge in [0.05, 0.1) is 12.3 Å². The van der Waals surface area contributed by atoms with E-state index in [9.17, 15) is 14.8 Å². The van der Waals surface area contributed by atoms with Gasteiger partial charge < -0.3 is 35.1 Å². The topological polar surface area (TPSA) is 145 Å². The number of carbonyl (C=O) groups excluding carboxylic acids is 1. The highest BCUT2D eigenvalue weighted by molar-refractivity contribution is 6.58. The van der Waals surface area contributed by atoms with Crippen LogP contribution in [0.25, 0.3) is 33.2 Å². The summed E-state index contributed by atoms with van der Waals surface area (Å²) in [5.41, 5.74) is 8.62. The molecule has 39 heavy (non-hydrogen) atoms. The predicted octanol–water partition coefficient (Wildman–Crippen LogP) is 2.20. The molecule has 0 fully saturated rings. The quantitative estimate of drug-likeness (QED) is 0.161. The van der Waals surface area contributed by atoms with Gasteiger partial charge >= 0.3 is 7.12 Å². The molecule has 2 heterocycles. The molecular weight excluding hydrogens is 497 g/mol.